The van der Waals surface area contributed by atoms with Gasteiger partial charge in [0.2, 0.25) is 0 Å². The van der Waals surface area contributed by atoms with Crippen LogP contribution in [0.15, 0.2) is 12.1 Å². The Hall–Kier alpha value is -1.46. The van der Waals surface area contributed by atoms with Crippen LogP contribution in [-0.4, -0.2) is 43.3 Å². The van der Waals surface area contributed by atoms with Crippen molar-refractivity contribution >= 4 is 17.6 Å². The third-order valence-corrected chi connectivity index (χ3v) is 5.03. The van der Waals surface area contributed by atoms with Crippen LogP contribution in [0.25, 0.3) is 0 Å². The number of piperidine rings is 1. The molecule has 2 rings (SSSR count). The Balaban J connectivity index is 2.21. The molecular weight excluding hydrogens is 318 g/mol. The van der Waals surface area contributed by atoms with E-state index in [0.29, 0.717) is 36.0 Å². The molecule has 23 heavy (non-hydrogen) atoms. The van der Waals surface area contributed by atoms with Gasteiger partial charge in [0.1, 0.15) is 11.5 Å². The molecule has 1 aliphatic heterocycles. The molecule has 5 nitrogen and oxygen atoms in total. The molecule has 0 bridgehead atoms. The van der Waals surface area contributed by atoms with Crippen molar-refractivity contribution in [1.82, 2.24) is 4.90 Å². The summed E-state index contributed by atoms with van der Waals surface area (Å²) in [6.45, 7) is 3.98. The van der Waals surface area contributed by atoms with Crippen LogP contribution in [-0.2, 0) is 11.3 Å². The fraction of sp³-hybridized carbons (Fsp3) is 0.588. The van der Waals surface area contributed by atoms with Crippen molar-refractivity contribution in [3.8, 4) is 11.5 Å². The molecule has 1 N–H and O–H groups in total. The number of ether oxygens (including phenoxy) is 2. The number of carboxylic acid groups (broad SMARTS) is 1. The molecule has 6 heteroatoms. The Morgan fingerprint density at radius 3 is 2.61 bits per heavy atom. The predicted molar refractivity (Wildman–Crippen MR) is 89.4 cm³/mol. The molecule has 0 spiro atoms. The summed E-state index contributed by atoms with van der Waals surface area (Å²) < 4.78 is 10.6. The second-order valence-corrected chi connectivity index (χ2v) is 6.46. The quantitative estimate of drug-likeness (QED) is 0.859. The van der Waals surface area contributed by atoms with Gasteiger partial charge >= 0.3 is 5.97 Å². The Morgan fingerprint density at radius 1 is 1.35 bits per heavy atom. The molecule has 0 aromatic heterocycles. The number of hydrogen-bond donors (Lipinski definition) is 1. The number of methoxy groups -OCH3 is 2. The number of aliphatic carboxylic acids is 1. The molecule has 1 saturated heterocycles. The summed E-state index contributed by atoms with van der Waals surface area (Å²) in [7, 11) is 3.17. The largest absolute Gasteiger partial charge is 0.496 e. The molecule has 0 saturated carbocycles. The van der Waals surface area contributed by atoms with E-state index < -0.39 is 11.4 Å². The first-order valence-corrected chi connectivity index (χ1v) is 8.19. The average Bonchev–Trinajstić information content (AvgIpc) is 2.55. The number of carboxylic acids is 1. The van der Waals surface area contributed by atoms with Crippen molar-refractivity contribution in [2.75, 3.05) is 27.3 Å². The van der Waals surface area contributed by atoms with E-state index >= 15 is 0 Å². The second-order valence-electron chi connectivity index (χ2n) is 6.05. The van der Waals surface area contributed by atoms with E-state index in [2.05, 4.69) is 4.90 Å². The van der Waals surface area contributed by atoms with E-state index in [1.54, 1.807) is 20.3 Å². The molecule has 0 radical (unpaired) electrons. The first kappa shape index (κ1) is 17.9. The maximum absolute atomic E-state index is 11.7. The fourth-order valence-electron chi connectivity index (χ4n) is 3.26. The minimum absolute atomic E-state index is 0.528. The third-order valence-electron chi connectivity index (χ3n) is 4.74. The highest BCUT2D eigenvalue weighted by atomic mass is 35.5. The van der Waals surface area contributed by atoms with Gasteiger partial charge in [0.05, 0.1) is 24.7 Å². The molecule has 1 heterocycles. The van der Waals surface area contributed by atoms with E-state index in [0.717, 1.165) is 24.9 Å². The monoisotopic (exact) mass is 341 g/mol. The van der Waals surface area contributed by atoms with E-state index in [4.69, 9.17) is 21.1 Å². The van der Waals surface area contributed by atoms with Crippen LogP contribution in [0.4, 0.5) is 0 Å². The Bertz CT molecular complexity index is 578. The molecule has 0 aliphatic carbocycles. The number of likely N-dealkylation sites (tertiary alicyclic amines) is 1. The average molecular weight is 342 g/mol. The van der Waals surface area contributed by atoms with Crippen LogP contribution in [0.1, 0.15) is 31.7 Å². The van der Waals surface area contributed by atoms with Crippen molar-refractivity contribution in [2.24, 2.45) is 5.41 Å². The van der Waals surface area contributed by atoms with Gasteiger partial charge in [-0.3, -0.25) is 9.69 Å². The zero-order chi connectivity index (χ0) is 17.0. The second kappa shape index (κ2) is 7.41. The topological polar surface area (TPSA) is 59.0 Å². The number of nitrogens with zero attached hydrogens (tertiary/aromatic N) is 1. The highest BCUT2D eigenvalue weighted by molar-refractivity contribution is 6.32. The normalized spacial score (nSPS) is 21.9. The zero-order valence-corrected chi connectivity index (χ0v) is 14.7. The molecule has 1 atom stereocenters. The lowest BCUT2D eigenvalue weighted by molar-refractivity contribution is -0.153. The van der Waals surface area contributed by atoms with Gasteiger partial charge in [-0.2, -0.15) is 0 Å². The first-order chi connectivity index (χ1) is 11.0. The lowest BCUT2D eigenvalue weighted by atomic mass is 9.77. The van der Waals surface area contributed by atoms with E-state index in [9.17, 15) is 9.90 Å². The van der Waals surface area contributed by atoms with E-state index in [1.807, 2.05) is 13.0 Å². The minimum atomic E-state index is -0.704. The summed E-state index contributed by atoms with van der Waals surface area (Å²) >= 11 is 6.22. The van der Waals surface area contributed by atoms with Crippen molar-refractivity contribution < 1.29 is 19.4 Å². The summed E-state index contributed by atoms with van der Waals surface area (Å²) in [6.07, 6.45) is 2.25. The molecule has 1 aromatic carbocycles. The molecule has 0 unspecified atom stereocenters. The Kier molecular flexibility index (Phi) is 5.76. The molecule has 0 amide bonds. The summed E-state index contributed by atoms with van der Waals surface area (Å²) in [5.74, 6) is 0.568. The van der Waals surface area contributed by atoms with Crippen molar-refractivity contribution in [2.45, 2.75) is 32.7 Å². The lowest BCUT2D eigenvalue weighted by Gasteiger charge is -2.39. The van der Waals surface area contributed by atoms with Gasteiger partial charge in [0.25, 0.3) is 0 Å². The molecule has 1 aliphatic rings. The summed E-state index contributed by atoms with van der Waals surface area (Å²) in [4.78, 5) is 13.8. The van der Waals surface area contributed by atoms with Gasteiger partial charge in [-0.05, 0) is 31.9 Å². The summed E-state index contributed by atoms with van der Waals surface area (Å²) in [6, 6.07) is 3.61. The minimum Gasteiger partial charge on any atom is -0.496 e. The van der Waals surface area contributed by atoms with E-state index in [-0.39, 0.29) is 0 Å². The first-order valence-electron chi connectivity index (χ1n) is 7.82. The summed E-state index contributed by atoms with van der Waals surface area (Å²) in [5, 5.41) is 10.1. The van der Waals surface area contributed by atoms with Crippen LogP contribution in [0.5, 0.6) is 11.5 Å². The number of carbonyl (C=O) groups is 1. The number of hydrogen-bond acceptors (Lipinski definition) is 4. The van der Waals surface area contributed by atoms with Crippen LogP contribution in [0, 0.1) is 5.41 Å². The Labute approximate surface area is 142 Å². The smallest absolute Gasteiger partial charge is 0.310 e. The van der Waals surface area contributed by atoms with Crippen molar-refractivity contribution in [3.63, 3.8) is 0 Å². The van der Waals surface area contributed by atoms with Crippen LogP contribution >= 0.6 is 11.6 Å². The Morgan fingerprint density at radius 2 is 2.04 bits per heavy atom. The zero-order valence-electron chi connectivity index (χ0n) is 13.9. The van der Waals surface area contributed by atoms with Crippen molar-refractivity contribution in [1.29, 1.82) is 0 Å². The van der Waals surface area contributed by atoms with Gasteiger partial charge in [-0.1, -0.05) is 18.5 Å². The maximum atomic E-state index is 11.7. The van der Waals surface area contributed by atoms with Crippen LogP contribution in [0.3, 0.4) is 0 Å². The van der Waals surface area contributed by atoms with Gasteiger partial charge in [-0.15, -0.1) is 0 Å². The van der Waals surface area contributed by atoms with Gasteiger partial charge in [0, 0.05) is 24.7 Å². The maximum Gasteiger partial charge on any atom is 0.310 e. The van der Waals surface area contributed by atoms with E-state index in [1.165, 1.54) is 0 Å². The standard InChI is InChI=1S/C17H24ClNO4/c1-4-17(16(20)21)6-5-7-19(11-17)10-12-8-13(18)15(23-3)9-14(12)22-2/h8-9H,4-7,10-11H2,1-3H3,(H,20,21)/t17-/m1/s1. The van der Waals surface area contributed by atoms with Crippen molar-refractivity contribution in [3.05, 3.63) is 22.7 Å². The lowest BCUT2D eigenvalue weighted by Crippen LogP contribution is -2.47. The van der Waals surface area contributed by atoms with Gasteiger partial charge < -0.3 is 14.6 Å². The molecule has 1 aromatic rings. The summed E-state index contributed by atoms with van der Waals surface area (Å²) in [5.41, 5.74) is 0.289. The molecule has 1 fully saturated rings. The molecular formula is C17H24ClNO4. The number of benzene rings is 1. The van der Waals surface area contributed by atoms with Crippen LogP contribution in [0.2, 0.25) is 5.02 Å². The third kappa shape index (κ3) is 3.72. The number of rotatable bonds is 6. The fourth-order valence-corrected chi connectivity index (χ4v) is 3.53. The highest BCUT2D eigenvalue weighted by Crippen LogP contribution is 2.37. The van der Waals surface area contributed by atoms with Crippen LogP contribution < -0.4 is 9.47 Å². The highest BCUT2D eigenvalue weighted by Gasteiger charge is 2.40. The SMILES string of the molecule is CC[C@@]1(C(=O)O)CCCN(Cc2cc(Cl)c(OC)cc2OC)C1. The van der Waals surface area contributed by atoms with Gasteiger partial charge in [-0.25, -0.2) is 0 Å². The molecule has 128 valence electrons. The predicted octanol–water partition coefficient (Wildman–Crippen LogP) is 3.43. The number of halogens is 1. The van der Waals surface area contributed by atoms with Gasteiger partial charge in [0.15, 0.2) is 0 Å².